The summed E-state index contributed by atoms with van der Waals surface area (Å²) in [5.74, 6) is -0.216. The standard InChI is InChI=1S/C13H14BrClN2O2/c1-7(2)12-13(19)16-6-11(18)17(12)8-3-4-10(15)9(14)5-8/h3-5,7,12H,6H2,1-2H3,(H,16,19). The van der Waals surface area contributed by atoms with Crippen LogP contribution in [0.5, 0.6) is 0 Å². The summed E-state index contributed by atoms with van der Waals surface area (Å²) in [6.07, 6.45) is 0. The van der Waals surface area contributed by atoms with Crippen molar-refractivity contribution in [2.45, 2.75) is 19.9 Å². The number of piperazine rings is 1. The predicted molar refractivity (Wildman–Crippen MR) is 78.3 cm³/mol. The second kappa shape index (κ2) is 5.51. The number of hydrogen-bond donors (Lipinski definition) is 1. The number of nitrogens with zero attached hydrogens (tertiary/aromatic N) is 1. The molecule has 1 N–H and O–H groups in total. The Balaban J connectivity index is 2.45. The van der Waals surface area contributed by atoms with Crippen LogP contribution in [0.2, 0.25) is 5.02 Å². The number of amides is 2. The third-order valence-electron chi connectivity index (χ3n) is 3.04. The Bertz CT molecular complexity index is 533. The number of halogens is 2. The zero-order valence-corrected chi connectivity index (χ0v) is 13.0. The topological polar surface area (TPSA) is 49.4 Å². The van der Waals surface area contributed by atoms with E-state index in [0.29, 0.717) is 15.2 Å². The Morgan fingerprint density at radius 2 is 2.11 bits per heavy atom. The van der Waals surface area contributed by atoms with Crippen molar-refractivity contribution in [1.82, 2.24) is 5.32 Å². The smallest absolute Gasteiger partial charge is 0.247 e. The summed E-state index contributed by atoms with van der Waals surface area (Å²) in [7, 11) is 0. The van der Waals surface area contributed by atoms with Crippen LogP contribution in [-0.2, 0) is 9.59 Å². The summed E-state index contributed by atoms with van der Waals surface area (Å²) in [5, 5.41) is 3.19. The molecule has 1 aromatic rings. The molecule has 1 saturated heterocycles. The maximum atomic E-state index is 12.1. The second-order valence-corrected chi connectivity index (χ2v) is 6.03. The van der Waals surface area contributed by atoms with Crippen LogP contribution < -0.4 is 10.2 Å². The van der Waals surface area contributed by atoms with Crippen molar-refractivity contribution < 1.29 is 9.59 Å². The van der Waals surface area contributed by atoms with Crippen LogP contribution in [0.1, 0.15) is 13.8 Å². The lowest BCUT2D eigenvalue weighted by atomic mass is 9.98. The van der Waals surface area contributed by atoms with E-state index in [1.165, 1.54) is 0 Å². The number of hydrogen-bond acceptors (Lipinski definition) is 2. The molecule has 1 atom stereocenters. The van der Waals surface area contributed by atoms with E-state index in [1.54, 1.807) is 23.1 Å². The molecule has 102 valence electrons. The van der Waals surface area contributed by atoms with Crippen LogP contribution in [0.4, 0.5) is 5.69 Å². The minimum Gasteiger partial charge on any atom is -0.345 e. The van der Waals surface area contributed by atoms with Gasteiger partial charge in [0.25, 0.3) is 0 Å². The van der Waals surface area contributed by atoms with Gasteiger partial charge in [-0.25, -0.2) is 0 Å². The van der Waals surface area contributed by atoms with E-state index in [0.717, 1.165) is 0 Å². The van der Waals surface area contributed by atoms with Gasteiger partial charge in [0.15, 0.2) is 0 Å². The maximum Gasteiger partial charge on any atom is 0.247 e. The molecule has 2 rings (SSSR count). The molecule has 6 heteroatoms. The summed E-state index contributed by atoms with van der Waals surface area (Å²) in [6.45, 7) is 3.86. The number of carbonyl (C=O) groups excluding carboxylic acids is 2. The quantitative estimate of drug-likeness (QED) is 0.895. The number of anilines is 1. The summed E-state index contributed by atoms with van der Waals surface area (Å²) >= 11 is 9.29. The van der Waals surface area contributed by atoms with E-state index in [-0.39, 0.29) is 24.3 Å². The van der Waals surface area contributed by atoms with Crippen molar-refractivity contribution in [2.24, 2.45) is 5.92 Å². The fourth-order valence-electron chi connectivity index (χ4n) is 2.17. The molecule has 4 nitrogen and oxygen atoms in total. The summed E-state index contributed by atoms with van der Waals surface area (Å²) in [6, 6.07) is 4.72. The van der Waals surface area contributed by atoms with Gasteiger partial charge in [0, 0.05) is 10.2 Å². The first-order chi connectivity index (χ1) is 8.91. The zero-order chi connectivity index (χ0) is 14.2. The van der Waals surface area contributed by atoms with Crippen molar-refractivity contribution in [1.29, 1.82) is 0 Å². The first kappa shape index (κ1) is 14.3. The number of carbonyl (C=O) groups is 2. The molecule has 1 aliphatic rings. The number of rotatable bonds is 2. The second-order valence-electron chi connectivity index (χ2n) is 4.77. The maximum absolute atomic E-state index is 12.1. The monoisotopic (exact) mass is 344 g/mol. The van der Waals surface area contributed by atoms with Crippen LogP contribution in [0.15, 0.2) is 22.7 Å². The van der Waals surface area contributed by atoms with Gasteiger partial charge in [-0.1, -0.05) is 25.4 Å². The van der Waals surface area contributed by atoms with Gasteiger partial charge in [0.05, 0.1) is 11.6 Å². The van der Waals surface area contributed by atoms with Gasteiger partial charge in [-0.2, -0.15) is 0 Å². The first-order valence-corrected chi connectivity index (χ1v) is 7.13. The highest BCUT2D eigenvalue weighted by atomic mass is 79.9. The normalized spacial score (nSPS) is 19.8. The Kier molecular flexibility index (Phi) is 4.16. The van der Waals surface area contributed by atoms with E-state index in [2.05, 4.69) is 21.2 Å². The van der Waals surface area contributed by atoms with Gasteiger partial charge >= 0.3 is 0 Å². The van der Waals surface area contributed by atoms with Gasteiger partial charge in [-0.05, 0) is 40.0 Å². The molecule has 0 bridgehead atoms. The highest BCUT2D eigenvalue weighted by Crippen LogP contribution is 2.30. The summed E-state index contributed by atoms with van der Waals surface area (Å²) in [4.78, 5) is 25.6. The van der Waals surface area contributed by atoms with E-state index in [9.17, 15) is 9.59 Å². The highest BCUT2D eigenvalue weighted by molar-refractivity contribution is 9.10. The molecule has 0 saturated carbocycles. The van der Waals surface area contributed by atoms with Gasteiger partial charge in [0.1, 0.15) is 6.04 Å². The molecule has 19 heavy (non-hydrogen) atoms. The average molecular weight is 346 g/mol. The fraction of sp³-hybridized carbons (Fsp3) is 0.385. The summed E-state index contributed by atoms with van der Waals surface area (Å²) in [5.41, 5.74) is 0.676. The third kappa shape index (κ3) is 2.77. The molecule has 0 aliphatic carbocycles. The SMILES string of the molecule is CC(C)C1C(=O)NCC(=O)N1c1ccc(Cl)c(Br)c1. The Morgan fingerprint density at radius 1 is 1.42 bits per heavy atom. The Morgan fingerprint density at radius 3 is 2.68 bits per heavy atom. The van der Waals surface area contributed by atoms with Crippen molar-refractivity contribution in [3.05, 3.63) is 27.7 Å². The molecule has 1 fully saturated rings. The van der Waals surface area contributed by atoms with E-state index in [1.807, 2.05) is 13.8 Å². The molecule has 1 heterocycles. The third-order valence-corrected chi connectivity index (χ3v) is 4.26. The fourth-order valence-corrected chi connectivity index (χ4v) is 2.65. The predicted octanol–water partition coefficient (Wildman–Crippen LogP) is 2.59. The van der Waals surface area contributed by atoms with Crippen molar-refractivity contribution in [3.63, 3.8) is 0 Å². The van der Waals surface area contributed by atoms with Crippen molar-refractivity contribution in [3.8, 4) is 0 Å². The molecule has 1 aromatic carbocycles. The molecule has 0 radical (unpaired) electrons. The average Bonchev–Trinajstić information content (AvgIpc) is 2.35. The molecular formula is C13H14BrClN2O2. The van der Waals surface area contributed by atoms with Gasteiger partial charge in [-0.3, -0.25) is 14.5 Å². The van der Waals surface area contributed by atoms with Gasteiger partial charge < -0.3 is 5.32 Å². The van der Waals surface area contributed by atoms with Crippen LogP contribution in [0.25, 0.3) is 0 Å². The Labute approximate surface area is 125 Å². The van der Waals surface area contributed by atoms with Gasteiger partial charge in [-0.15, -0.1) is 0 Å². The van der Waals surface area contributed by atoms with E-state index in [4.69, 9.17) is 11.6 Å². The lowest BCUT2D eigenvalue weighted by Crippen LogP contribution is -2.60. The molecule has 2 amide bonds. The molecule has 1 unspecified atom stereocenters. The Hall–Kier alpha value is -1.07. The number of benzene rings is 1. The van der Waals surface area contributed by atoms with Crippen LogP contribution in [-0.4, -0.2) is 24.4 Å². The van der Waals surface area contributed by atoms with Crippen LogP contribution >= 0.6 is 27.5 Å². The van der Waals surface area contributed by atoms with E-state index >= 15 is 0 Å². The molecule has 0 aromatic heterocycles. The van der Waals surface area contributed by atoms with Crippen molar-refractivity contribution in [2.75, 3.05) is 11.4 Å². The number of nitrogens with one attached hydrogen (secondary N) is 1. The lowest BCUT2D eigenvalue weighted by molar-refractivity contribution is -0.131. The zero-order valence-electron chi connectivity index (χ0n) is 10.6. The van der Waals surface area contributed by atoms with Crippen LogP contribution in [0, 0.1) is 5.92 Å². The largest absolute Gasteiger partial charge is 0.345 e. The summed E-state index contributed by atoms with van der Waals surface area (Å²) < 4.78 is 0.702. The molecule has 0 spiro atoms. The molecule has 1 aliphatic heterocycles. The van der Waals surface area contributed by atoms with E-state index < -0.39 is 6.04 Å². The van der Waals surface area contributed by atoms with Crippen LogP contribution in [0.3, 0.4) is 0 Å². The minimum absolute atomic E-state index is 0.0266. The highest BCUT2D eigenvalue weighted by Gasteiger charge is 2.37. The van der Waals surface area contributed by atoms with Crippen molar-refractivity contribution >= 4 is 45.0 Å². The minimum atomic E-state index is -0.491. The first-order valence-electron chi connectivity index (χ1n) is 5.96. The lowest BCUT2D eigenvalue weighted by Gasteiger charge is -2.37. The molecular weight excluding hydrogens is 332 g/mol. The van der Waals surface area contributed by atoms with Gasteiger partial charge in [0.2, 0.25) is 11.8 Å².